The van der Waals surface area contributed by atoms with Gasteiger partial charge in [0.2, 0.25) is 0 Å². The summed E-state index contributed by atoms with van der Waals surface area (Å²) < 4.78 is 7.53. The maximum Gasteiger partial charge on any atom is 0.0469 e. The molecule has 0 unspecified atom stereocenters. The second kappa shape index (κ2) is 4.71. The van der Waals surface area contributed by atoms with E-state index in [1.165, 1.54) is 24.2 Å². The summed E-state index contributed by atoms with van der Waals surface area (Å²) in [6.07, 6.45) is 2.37. The van der Waals surface area contributed by atoms with Gasteiger partial charge in [0.1, 0.15) is 0 Å². The van der Waals surface area contributed by atoms with Crippen LogP contribution in [0.5, 0.6) is 0 Å². The molecule has 0 saturated carbocycles. The highest BCUT2D eigenvalue weighted by molar-refractivity contribution is 5.15. The number of hydrogen-bond donors (Lipinski definition) is 1. The van der Waals surface area contributed by atoms with Crippen LogP contribution in [0.1, 0.15) is 24.2 Å². The van der Waals surface area contributed by atoms with Crippen molar-refractivity contribution < 1.29 is 4.74 Å². The molecule has 0 radical (unpaired) electrons. The first kappa shape index (κ1) is 10.6. The lowest BCUT2D eigenvalue weighted by atomic mass is 10.0. The molecule has 84 valence electrons. The van der Waals surface area contributed by atoms with Crippen molar-refractivity contribution in [3.05, 3.63) is 23.5 Å². The SMILES string of the molecule is Cc1ccc(C)n1NCC1CCOCC1. The summed E-state index contributed by atoms with van der Waals surface area (Å²) in [6, 6.07) is 4.29. The van der Waals surface area contributed by atoms with E-state index < -0.39 is 0 Å². The Morgan fingerprint density at radius 1 is 1.27 bits per heavy atom. The zero-order valence-electron chi connectivity index (χ0n) is 9.62. The zero-order valence-corrected chi connectivity index (χ0v) is 9.62. The fourth-order valence-electron chi connectivity index (χ4n) is 2.09. The van der Waals surface area contributed by atoms with Crippen molar-refractivity contribution in [1.82, 2.24) is 4.68 Å². The van der Waals surface area contributed by atoms with Crippen molar-refractivity contribution in [1.29, 1.82) is 0 Å². The van der Waals surface area contributed by atoms with Crippen LogP contribution in [0.2, 0.25) is 0 Å². The quantitative estimate of drug-likeness (QED) is 0.823. The largest absolute Gasteiger partial charge is 0.381 e. The van der Waals surface area contributed by atoms with Gasteiger partial charge in [0.25, 0.3) is 0 Å². The molecule has 0 bridgehead atoms. The third kappa shape index (κ3) is 2.53. The van der Waals surface area contributed by atoms with Crippen LogP contribution in [-0.2, 0) is 4.74 Å². The number of aryl methyl sites for hydroxylation is 2. The molecule has 2 heterocycles. The normalized spacial score (nSPS) is 18.0. The van der Waals surface area contributed by atoms with E-state index in [0.29, 0.717) is 0 Å². The fourth-order valence-corrected chi connectivity index (χ4v) is 2.09. The highest BCUT2D eigenvalue weighted by atomic mass is 16.5. The van der Waals surface area contributed by atoms with Crippen LogP contribution in [0.4, 0.5) is 0 Å². The first-order valence-corrected chi connectivity index (χ1v) is 5.74. The Hall–Kier alpha value is -0.960. The van der Waals surface area contributed by atoms with Crippen molar-refractivity contribution in [2.45, 2.75) is 26.7 Å². The number of nitrogens with one attached hydrogen (secondary N) is 1. The molecule has 1 aliphatic heterocycles. The van der Waals surface area contributed by atoms with Crippen LogP contribution in [0, 0.1) is 19.8 Å². The second-order valence-electron chi connectivity index (χ2n) is 4.37. The lowest BCUT2D eigenvalue weighted by Crippen LogP contribution is -2.28. The maximum absolute atomic E-state index is 5.35. The topological polar surface area (TPSA) is 26.2 Å². The Kier molecular flexibility index (Phi) is 3.31. The summed E-state index contributed by atoms with van der Waals surface area (Å²) in [4.78, 5) is 0. The van der Waals surface area contributed by atoms with Crippen LogP contribution in [-0.4, -0.2) is 24.4 Å². The highest BCUT2D eigenvalue weighted by Gasteiger charge is 2.13. The molecular formula is C12H20N2O. The van der Waals surface area contributed by atoms with E-state index in [1.807, 2.05) is 0 Å². The number of rotatable bonds is 3. The van der Waals surface area contributed by atoms with Gasteiger partial charge in [0.15, 0.2) is 0 Å². The van der Waals surface area contributed by atoms with Gasteiger partial charge in [0.05, 0.1) is 0 Å². The van der Waals surface area contributed by atoms with E-state index in [4.69, 9.17) is 4.74 Å². The number of hydrogen-bond acceptors (Lipinski definition) is 2. The average Bonchev–Trinajstić information content (AvgIpc) is 2.58. The van der Waals surface area contributed by atoms with Crippen LogP contribution in [0.15, 0.2) is 12.1 Å². The van der Waals surface area contributed by atoms with Gasteiger partial charge in [-0.15, -0.1) is 0 Å². The number of aromatic nitrogens is 1. The molecule has 1 fully saturated rings. The third-order valence-corrected chi connectivity index (χ3v) is 3.15. The molecule has 0 spiro atoms. The molecule has 15 heavy (non-hydrogen) atoms. The summed E-state index contributed by atoms with van der Waals surface area (Å²) in [5.74, 6) is 0.764. The van der Waals surface area contributed by atoms with Gasteiger partial charge < -0.3 is 10.2 Å². The van der Waals surface area contributed by atoms with Crippen molar-refractivity contribution in [3.8, 4) is 0 Å². The smallest absolute Gasteiger partial charge is 0.0469 e. The van der Waals surface area contributed by atoms with E-state index in [1.54, 1.807) is 0 Å². The average molecular weight is 208 g/mol. The van der Waals surface area contributed by atoms with Gasteiger partial charge in [-0.1, -0.05) is 0 Å². The zero-order chi connectivity index (χ0) is 10.7. The first-order chi connectivity index (χ1) is 7.27. The molecule has 0 atom stereocenters. The molecule has 3 nitrogen and oxygen atoms in total. The first-order valence-electron chi connectivity index (χ1n) is 5.74. The van der Waals surface area contributed by atoms with Crippen molar-refractivity contribution in [2.24, 2.45) is 5.92 Å². The lowest BCUT2D eigenvalue weighted by Gasteiger charge is -2.24. The molecule has 1 aromatic rings. The van der Waals surface area contributed by atoms with E-state index in [0.717, 1.165) is 25.7 Å². The second-order valence-corrected chi connectivity index (χ2v) is 4.37. The van der Waals surface area contributed by atoms with Crippen LogP contribution in [0.25, 0.3) is 0 Å². The predicted molar refractivity (Wildman–Crippen MR) is 61.7 cm³/mol. The molecule has 2 rings (SSSR count). The fraction of sp³-hybridized carbons (Fsp3) is 0.667. The molecule has 3 heteroatoms. The third-order valence-electron chi connectivity index (χ3n) is 3.15. The minimum absolute atomic E-state index is 0.764. The predicted octanol–water partition coefficient (Wildman–Crippen LogP) is 2.08. The minimum Gasteiger partial charge on any atom is -0.381 e. The van der Waals surface area contributed by atoms with Crippen molar-refractivity contribution in [3.63, 3.8) is 0 Å². The van der Waals surface area contributed by atoms with E-state index in [-0.39, 0.29) is 0 Å². The van der Waals surface area contributed by atoms with E-state index in [2.05, 4.69) is 36.1 Å². The summed E-state index contributed by atoms with van der Waals surface area (Å²) in [5, 5.41) is 0. The number of nitrogens with zero attached hydrogens (tertiary/aromatic N) is 1. The summed E-state index contributed by atoms with van der Waals surface area (Å²) in [7, 11) is 0. The molecule has 0 amide bonds. The molecule has 1 N–H and O–H groups in total. The summed E-state index contributed by atoms with van der Waals surface area (Å²) >= 11 is 0. The lowest BCUT2D eigenvalue weighted by molar-refractivity contribution is 0.0692. The molecule has 0 aromatic carbocycles. The standard InChI is InChI=1S/C12H20N2O/c1-10-3-4-11(2)14(10)13-9-12-5-7-15-8-6-12/h3-4,12-13H,5-9H2,1-2H3. The van der Waals surface area contributed by atoms with Gasteiger partial charge in [-0.05, 0) is 44.7 Å². The van der Waals surface area contributed by atoms with Gasteiger partial charge in [-0.3, -0.25) is 4.68 Å². The number of ether oxygens (including phenoxy) is 1. The molecular weight excluding hydrogens is 188 g/mol. The molecule has 1 aromatic heterocycles. The maximum atomic E-state index is 5.35. The van der Waals surface area contributed by atoms with Crippen LogP contribution >= 0.6 is 0 Å². The Labute approximate surface area is 91.4 Å². The Morgan fingerprint density at radius 3 is 2.47 bits per heavy atom. The molecule has 0 aliphatic carbocycles. The van der Waals surface area contributed by atoms with Gasteiger partial charge in [-0.25, -0.2) is 0 Å². The van der Waals surface area contributed by atoms with E-state index in [9.17, 15) is 0 Å². The van der Waals surface area contributed by atoms with Crippen LogP contribution < -0.4 is 5.43 Å². The summed E-state index contributed by atoms with van der Waals surface area (Å²) in [6.45, 7) is 7.17. The highest BCUT2D eigenvalue weighted by Crippen LogP contribution is 2.14. The van der Waals surface area contributed by atoms with E-state index >= 15 is 0 Å². The Balaban J connectivity index is 1.87. The molecule has 1 aliphatic rings. The minimum atomic E-state index is 0.764. The molecule has 1 saturated heterocycles. The van der Waals surface area contributed by atoms with Crippen molar-refractivity contribution in [2.75, 3.05) is 25.2 Å². The van der Waals surface area contributed by atoms with Gasteiger partial charge >= 0.3 is 0 Å². The monoisotopic (exact) mass is 208 g/mol. The van der Waals surface area contributed by atoms with Crippen molar-refractivity contribution >= 4 is 0 Å². The van der Waals surface area contributed by atoms with Gasteiger partial charge in [0, 0.05) is 31.1 Å². The van der Waals surface area contributed by atoms with Gasteiger partial charge in [-0.2, -0.15) is 0 Å². The van der Waals surface area contributed by atoms with Crippen LogP contribution in [0.3, 0.4) is 0 Å². The Bertz CT molecular complexity index is 294. The Morgan fingerprint density at radius 2 is 1.87 bits per heavy atom. The summed E-state index contributed by atoms with van der Waals surface area (Å²) in [5.41, 5.74) is 6.05.